The Morgan fingerprint density at radius 3 is 2.47 bits per heavy atom. The maximum Gasteiger partial charge on any atom is 0.132 e. The van der Waals surface area contributed by atoms with Gasteiger partial charge in [0.2, 0.25) is 0 Å². The smallest absolute Gasteiger partial charge is 0.132 e. The molecule has 1 aliphatic carbocycles. The van der Waals surface area contributed by atoms with Gasteiger partial charge in [0.1, 0.15) is 12.1 Å². The Labute approximate surface area is 116 Å². The predicted molar refractivity (Wildman–Crippen MR) is 77.6 cm³/mol. The molecule has 1 aliphatic rings. The van der Waals surface area contributed by atoms with Crippen molar-refractivity contribution < 1.29 is 4.74 Å². The summed E-state index contributed by atoms with van der Waals surface area (Å²) in [5.41, 5.74) is 1.11. The van der Waals surface area contributed by atoms with Gasteiger partial charge in [-0.05, 0) is 31.6 Å². The van der Waals surface area contributed by atoms with Gasteiger partial charge in [-0.2, -0.15) is 0 Å². The molecule has 0 bridgehead atoms. The molecule has 1 heterocycles. The third kappa shape index (κ3) is 3.44. The van der Waals surface area contributed by atoms with Crippen LogP contribution in [0.2, 0.25) is 0 Å². The molecule has 0 aliphatic heterocycles. The van der Waals surface area contributed by atoms with Crippen LogP contribution in [0.4, 0.5) is 5.82 Å². The number of nitrogens with zero attached hydrogens (tertiary/aromatic N) is 3. The fourth-order valence-electron chi connectivity index (χ4n) is 2.73. The Bertz CT molecular complexity index is 400. The van der Waals surface area contributed by atoms with E-state index >= 15 is 0 Å². The zero-order valence-corrected chi connectivity index (χ0v) is 12.5. The van der Waals surface area contributed by atoms with E-state index in [1.165, 1.54) is 12.8 Å². The molecule has 106 valence electrons. The Morgan fingerprint density at radius 1 is 1.21 bits per heavy atom. The molecule has 0 unspecified atom stereocenters. The van der Waals surface area contributed by atoms with Crippen LogP contribution >= 0.6 is 0 Å². The fraction of sp³-hybridized carbons (Fsp3) is 0.733. The van der Waals surface area contributed by atoms with Crippen molar-refractivity contribution in [1.29, 1.82) is 0 Å². The van der Waals surface area contributed by atoms with Crippen LogP contribution in [0.25, 0.3) is 0 Å². The van der Waals surface area contributed by atoms with Gasteiger partial charge in [0.05, 0.1) is 6.10 Å². The van der Waals surface area contributed by atoms with Crippen molar-refractivity contribution in [3.63, 3.8) is 0 Å². The number of aromatic nitrogens is 2. The van der Waals surface area contributed by atoms with Crippen molar-refractivity contribution in [3.05, 3.63) is 18.1 Å². The van der Waals surface area contributed by atoms with Crippen LogP contribution in [-0.2, 0) is 4.74 Å². The van der Waals surface area contributed by atoms with E-state index in [1.54, 1.807) is 6.33 Å². The maximum absolute atomic E-state index is 5.43. The highest BCUT2D eigenvalue weighted by Gasteiger charge is 2.24. The molecular weight excluding hydrogens is 238 g/mol. The minimum absolute atomic E-state index is 0.444. The first-order valence-corrected chi connectivity index (χ1v) is 7.19. The van der Waals surface area contributed by atoms with Gasteiger partial charge in [-0.25, -0.2) is 9.97 Å². The average Bonchev–Trinajstić information content (AvgIpc) is 2.46. The van der Waals surface area contributed by atoms with Gasteiger partial charge in [0.15, 0.2) is 0 Å². The highest BCUT2D eigenvalue weighted by molar-refractivity contribution is 5.39. The van der Waals surface area contributed by atoms with Gasteiger partial charge in [-0.1, -0.05) is 13.8 Å². The first kappa shape index (κ1) is 14.3. The number of anilines is 1. The van der Waals surface area contributed by atoms with Crippen LogP contribution in [0.3, 0.4) is 0 Å². The van der Waals surface area contributed by atoms with Crippen LogP contribution in [0.1, 0.15) is 51.1 Å². The van der Waals surface area contributed by atoms with Crippen LogP contribution < -0.4 is 4.90 Å². The highest BCUT2D eigenvalue weighted by atomic mass is 16.5. The summed E-state index contributed by atoms with van der Waals surface area (Å²) in [6.07, 6.45) is 6.77. The first-order chi connectivity index (χ1) is 9.11. The monoisotopic (exact) mass is 263 g/mol. The van der Waals surface area contributed by atoms with Gasteiger partial charge in [0, 0.05) is 32.0 Å². The fourth-order valence-corrected chi connectivity index (χ4v) is 2.73. The van der Waals surface area contributed by atoms with Crippen molar-refractivity contribution in [2.45, 2.75) is 57.6 Å². The molecule has 0 N–H and O–H groups in total. The van der Waals surface area contributed by atoms with Crippen LogP contribution in [0, 0.1) is 0 Å². The summed E-state index contributed by atoms with van der Waals surface area (Å²) in [5, 5.41) is 0. The van der Waals surface area contributed by atoms with E-state index < -0.39 is 0 Å². The summed E-state index contributed by atoms with van der Waals surface area (Å²) < 4.78 is 5.43. The molecule has 1 saturated carbocycles. The Morgan fingerprint density at radius 2 is 1.89 bits per heavy atom. The predicted octanol–water partition coefficient (Wildman–Crippen LogP) is 2.99. The van der Waals surface area contributed by atoms with Gasteiger partial charge >= 0.3 is 0 Å². The minimum atomic E-state index is 0.444. The molecular formula is C15H25N3O. The lowest BCUT2D eigenvalue weighted by atomic mass is 9.92. The molecule has 0 saturated heterocycles. The third-order valence-electron chi connectivity index (χ3n) is 4.15. The lowest BCUT2D eigenvalue weighted by Gasteiger charge is -2.35. The third-order valence-corrected chi connectivity index (χ3v) is 4.15. The quantitative estimate of drug-likeness (QED) is 0.837. The molecule has 1 aromatic heterocycles. The topological polar surface area (TPSA) is 38.2 Å². The second-order valence-corrected chi connectivity index (χ2v) is 5.73. The molecule has 0 radical (unpaired) electrons. The molecule has 1 fully saturated rings. The van der Waals surface area contributed by atoms with Crippen molar-refractivity contribution in [2.24, 2.45) is 0 Å². The SMILES string of the molecule is CO[C@H]1CC[C@@H](N(C)c2cc(C(C)C)ncn2)CC1. The number of hydrogen-bond acceptors (Lipinski definition) is 4. The van der Waals surface area contributed by atoms with Crippen molar-refractivity contribution >= 4 is 5.82 Å². The number of ether oxygens (including phenoxy) is 1. The number of hydrogen-bond donors (Lipinski definition) is 0. The standard InChI is InChI=1S/C15H25N3O/c1-11(2)14-9-15(17-10-16-14)18(3)12-5-7-13(19-4)8-6-12/h9-13H,5-8H2,1-4H3/t12-,13+. The van der Waals surface area contributed by atoms with E-state index in [4.69, 9.17) is 4.74 Å². The zero-order chi connectivity index (χ0) is 13.8. The van der Waals surface area contributed by atoms with Crippen molar-refractivity contribution in [2.75, 3.05) is 19.1 Å². The lowest BCUT2D eigenvalue weighted by molar-refractivity contribution is 0.0659. The first-order valence-electron chi connectivity index (χ1n) is 7.19. The van der Waals surface area contributed by atoms with Gasteiger partial charge in [-0.15, -0.1) is 0 Å². The highest BCUT2D eigenvalue weighted by Crippen LogP contribution is 2.27. The van der Waals surface area contributed by atoms with Crippen LogP contribution in [0.5, 0.6) is 0 Å². The molecule has 1 aromatic rings. The summed E-state index contributed by atoms with van der Waals surface area (Å²) in [5.74, 6) is 1.49. The van der Waals surface area contributed by atoms with Gasteiger partial charge in [-0.3, -0.25) is 0 Å². The van der Waals surface area contributed by atoms with E-state index in [1.807, 2.05) is 7.11 Å². The molecule has 0 spiro atoms. The zero-order valence-electron chi connectivity index (χ0n) is 12.5. The van der Waals surface area contributed by atoms with E-state index in [2.05, 4.69) is 41.8 Å². The number of rotatable bonds is 4. The molecule has 0 amide bonds. The summed E-state index contributed by atoms with van der Waals surface area (Å²) >= 11 is 0. The second kappa shape index (κ2) is 6.33. The lowest BCUT2D eigenvalue weighted by Crippen LogP contribution is -2.37. The largest absolute Gasteiger partial charge is 0.381 e. The maximum atomic E-state index is 5.43. The molecule has 19 heavy (non-hydrogen) atoms. The van der Waals surface area contributed by atoms with Gasteiger partial charge in [0.25, 0.3) is 0 Å². The summed E-state index contributed by atoms with van der Waals surface area (Å²) in [6, 6.07) is 2.69. The van der Waals surface area contributed by atoms with E-state index in [9.17, 15) is 0 Å². The Balaban J connectivity index is 2.03. The minimum Gasteiger partial charge on any atom is -0.381 e. The number of methoxy groups -OCH3 is 1. The van der Waals surface area contributed by atoms with E-state index in [0.29, 0.717) is 18.1 Å². The molecule has 4 heteroatoms. The average molecular weight is 263 g/mol. The van der Waals surface area contributed by atoms with Crippen molar-refractivity contribution in [3.8, 4) is 0 Å². The summed E-state index contributed by atoms with van der Waals surface area (Å²) in [4.78, 5) is 11.1. The molecule has 0 atom stereocenters. The normalized spacial score (nSPS) is 23.6. The molecule has 2 rings (SSSR count). The summed E-state index contributed by atoms with van der Waals surface area (Å²) in [6.45, 7) is 4.33. The van der Waals surface area contributed by atoms with Crippen molar-refractivity contribution in [1.82, 2.24) is 9.97 Å². The van der Waals surface area contributed by atoms with Crippen LogP contribution in [-0.4, -0.2) is 36.3 Å². The summed E-state index contributed by atoms with van der Waals surface area (Å²) in [7, 11) is 3.96. The van der Waals surface area contributed by atoms with E-state index in [-0.39, 0.29) is 0 Å². The second-order valence-electron chi connectivity index (χ2n) is 5.73. The Hall–Kier alpha value is -1.16. The Kier molecular flexibility index (Phi) is 4.75. The molecule has 0 aromatic carbocycles. The van der Waals surface area contributed by atoms with Gasteiger partial charge < -0.3 is 9.64 Å². The molecule has 4 nitrogen and oxygen atoms in total. The van der Waals surface area contributed by atoms with E-state index in [0.717, 1.165) is 24.4 Å². The van der Waals surface area contributed by atoms with Crippen LogP contribution in [0.15, 0.2) is 12.4 Å².